The lowest BCUT2D eigenvalue weighted by molar-refractivity contribution is -0.386. The van der Waals surface area contributed by atoms with Crippen LogP contribution in [0.2, 0.25) is 0 Å². The summed E-state index contributed by atoms with van der Waals surface area (Å²) in [5.41, 5.74) is 3.53. The predicted octanol–water partition coefficient (Wildman–Crippen LogP) is 2.77. The maximum Gasteiger partial charge on any atom is 0.339 e. The number of hydrogen-bond donors (Lipinski definition) is 3. The van der Waals surface area contributed by atoms with Crippen LogP contribution in [0.3, 0.4) is 0 Å². The molecule has 0 spiro atoms. The quantitative estimate of drug-likeness (QED) is 0.437. The molecule has 0 saturated carbocycles. The SMILES string of the molecule is COc1cc(C=NNC(=O)Nc2ccccc2C)cc([N+](=O)[O-])c1O. The molecule has 0 aliphatic carbocycles. The number of urea groups is 1. The smallest absolute Gasteiger partial charge is 0.339 e. The number of carbonyl (C=O) groups excluding carboxylic acids is 1. The number of benzene rings is 2. The van der Waals surface area contributed by atoms with Crippen molar-refractivity contribution in [3.63, 3.8) is 0 Å². The van der Waals surface area contributed by atoms with E-state index in [-0.39, 0.29) is 11.3 Å². The number of para-hydroxylation sites is 1. The molecule has 0 atom stereocenters. The third-order valence-corrected chi connectivity index (χ3v) is 3.27. The monoisotopic (exact) mass is 344 g/mol. The summed E-state index contributed by atoms with van der Waals surface area (Å²) in [6, 6.07) is 9.13. The van der Waals surface area contributed by atoms with Gasteiger partial charge in [-0.2, -0.15) is 5.10 Å². The van der Waals surface area contributed by atoms with E-state index in [0.717, 1.165) is 11.6 Å². The third-order valence-electron chi connectivity index (χ3n) is 3.27. The summed E-state index contributed by atoms with van der Waals surface area (Å²) < 4.78 is 4.88. The van der Waals surface area contributed by atoms with Gasteiger partial charge in [0.1, 0.15) is 0 Å². The van der Waals surface area contributed by atoms with E-state index in [4.69, 9.17) is 4.74 Å². The number of aryl methyl sites for hydroxylation is 1. The molecule has 0 aliphatic rings. The minimum atomic E-state index is -0.743. The number of methoxy groups -OCH3 is 1. The number of phenolic OH excluding ortho intramolecular Hbond substituents is 1. The van der Waals surface area contributed by atoms with Crippen molar-refractivity contribution in [2.75, 3.05) is 12.4 Å². The number of hydrazone groups is 1. The van der Waals surface area contributed by atoms with E-state index in [1.165, 1.54) is 19.4 Å². The molecule has 2 rings (SSSR count). The number of amides is 2. The number of nitro groups is 1. The first-order valence-corrected chi connectivity index (χ1v) is 7.13. The first kappa shape index (κ1) is 17.7. The molecule has 0 fully saturated rings. The maximum atomic E-state index is 11.8. The van der Waals surface area contributed by atoms with Crippen LogP contribution in [0.1, 0.15) is 11.1 Å². The number of ether oxygens (including phenoxy) is 1. The van der Waals surface area contributed by atoms with Gasteiger partial charge in [-0.1, -0.05) is 18.2 Å². The van der Waals surface area contributed by atoms with Gasteiger partial charge in [-0.05, 0) is 24.6 Å². The number of nitrogens with one attached hydrogen (secondary N) is 2. The van der Waals surface area contributed by atoms with Crippen LogP contribution in [0.5, 0.6) is 11.5 Å². The molecule has 2 aromatic carbocycles. The van der Waals surface area contributed by atoms with E-state index in [1.54, 1.807) is 12.1 Å². The van der Waals surface area contributed by atoms with Gasteiger partial charge in [0.25, 0.3) is 0 Å². The van der Waals surface area contributed by atoms with Gasteiger partial charge in [0.05, 0.1) is 18.2 Å². The molecule has 0 saturated heterocycles. The van der Waals surface area contributed by atoms with E-state index in [2.05, 4.69) is 15.8 Å². The van der Waals surface area contributed by atoms with Crippen molar-refractivity contribution in [2.24, 2.45) is 5.10 Å². The number of hydrogen-bond acceptors (Lipinski definition) is 6. The molecule has 0 aliphatic heterocycles. The van der Waals surface area contributed by atoms with E-state index in [9.17, 15) is 20.0 Å². The fourth-order valence-corrected chi connectivity index (χ4v) is 2.01. The first-order valence-electron chi connectivity index (χ1n) is 7.13. The Morgan fingerprint density at radius 3 is 2.72 bits per heavy atom. The number of carbonyl (C=O) groups is 1. The average molecular weight is 344 g/mol. The Morgan fingerprint density at radius 2 is 2.08 bits per heavy atom. The Balaban J connectivity index is 2.09. The van der Waals surface area contributed by atoms with Crippen LogP contribution >= 0.6 is 0 Å². The summed E-state index contributed by atoms with van der Waals surface area (Å²) in [6.07, 6.45) is 1.20. The van der Waals surface area contributed by atoms with Gasteiger partial charge in [-0.15, -0.1) is 0 Å². The van der Waals surface area contributed by atoms with Gasteiger partial charge < -0.3 is 15.2 Å². The van der Waals surface area contributed by atoms with Crippen LogP contribution in [0.15, 0.2) is 41.5 Å². The van der Waals surface area contributed by atoms with Crippen molar-refractivity contribution in [3.05, 3.63) is 57.6 Å². The van der Waals surface area contributed by atoms with Crippen molar-refractivity contribution < 1.29 is 19.6 Å². The molecule has 130 valence electrons. The molecule has 0 unspecified atom stereocenters. The summed E-state index contributed by atoms with van der Waals surface area (Å²) >= 11 is 0. The van der Waals surface area contributed by atoms with Gasteiger partial charge >= 0.3 is 11.7 Å². The number of anilines is 1. The van der Waals surface area contributed by atoms with Crippen LogP contribution in [0.25, 0.3) is 0 Å². The van der Waals surface area contributed by atoms with Crippen molar-refractivity contribution in [1.29, 1.82) is 0 Å². The molecule has 2 amide bonds. The fraction of sp³-hybridized carbons (Fsp3) is 0.125. The molecule has 2 aromatic rings. The lowest BCUT2D eigenvalue weighted by Crippen LogP contribution is -2.24. The van der Waals surface area contributed by atoms with E-state index >= 15 is 0 Å². The number of rotatable bonds is 5. The molecule has 0 bridgehead atoms. The van der Waals surface area contributed by atoms with Gasteiger partial charge in [-0.25, -0.2) is 10.2 Å². The zero-order valence-electron chi connectivity index (χ0n) is 13.5. The van der Waals surface area contributed by atoms with Crippen LogP contribution in [-0.4, -0.2) is 29.4 Å². The van der Waals surface area contributed by atoms with Crippen molar-refractivity contribution in [1.82, 2.24) is 5.43 Å². The first-order chi connectivity index (χ1) is 11.9. The Kier molecular flexibility index (Phi) is 5.51. The third kappa shape index (κ3) is 4.44. The van der Waals surface area contributed by atoms with Crippen LogP contribution in [-0.2, 0) is 0 Å². The highest BCUT2D eigenvalue weighted by Crippen LogP contribution is 2.36. The lowest BCUT2D eigenvalue weighted by Gasteiger charge is -2.07. The van der Waals surface area contributed by atoms with Crippen molar-refractivity contribution in [3.8, 4) is 11.5 Å². The Labute approximate surface area is 143 Å². The fourth-order valence-electron chi connectivity index (χ4n) is 2.01. The lowest BCUT2D eigenvalue weighted by atomic mass is 10.2. The Bertz CT molecular complexity index is 835. The molecule has 9 heteroatoms. The zero-order valence-corrected chi connectivity index (χ0v) is 13.5. The maximum absolute atomic E-state index is 11.8. The molecular formula is C16H16N4O5. The summed E-state index contributed by atoms with van der Waals surface area (Å²) in [4.78, 5) is 22.0. The van der Waals surface area contributed by atoms with Crippen LogP contribution in [0.4, 0.5) is 16.2 Å². The minimum absolute atomic E-state index is 0.0694. The molecule has 9 nitrogen and oxygen atoms in total. The van der Waals surface area contributed by atoms with E-state index in [1.807, 2.05) is 19.1 Å². The normalized spacial score (nSPS) is 10.5. The van der Waals surface area contributed by atoms with Gasteiger partial charge in [0.2, 0.25) is 5.75 Å². The molecule has 0 heterocycles. The second kappa shape index (κ2) is 7.77. The largest absolute Gasteiger partial charge is 0.500 e. The molecule has 0 radical (unpaired) electrons. The minimum Gasteiger partial charge on any atom is -0.500 e. The highest BCUT2D eigenvalue weighted by Gasteiger charge is 2.19. The van der Waals surface area contributed by atoms with Gasteiger partial charge in [-0.3, -0.25) is 10.1 Å². The van der Waals surface area contributed by atoms with Crippen LogP contribution < -0.4 is 15.5 Å². The second-order valence-corrected chi connectivity index (χ2v) is 4.99. The van der Waals surface area contributed by atoms with Crippen molar-refractivity contribution in [2.45, 2.75) is 6.92 Å². The predicted molar refractivity (Wildman–Crippen MR) is 92.2 cm³/mol. The standard InChI is InChI=1S/C16H16N4O5/c1-10-5-3-4-6-12(10)18-16(22)19-17-9-11-7-13(20(23)24)15(21)14(8-11)25-2/h3-9,21H,1-2H3,(H2,18,19,22). The van der Waals surface area contributed by atoms with Crippen molar-refractivity contribution >= 4 is 23.6 Å². The van der Waals surface area contributed by atoms with Crippen LogP contribution in [0, 0.1) is 17.0 Å². The number of nitro benzene ring substituents is 1. The topological polar surface area (TPSA) is 126 Å². The zero-order chi connectivity index (χ0) is 18.4. The van der Waals surface area contributed by atoms with Gasteiger partial charge in [0.15, 0.2) is 5.75 Å². The van der Waals surface area contributed by atoms with Gasteiger partial charge in [0, 0.05) is 17.3 Å². The second-order valence-electron chi connectivity index (χ2n) is 4.99. The highest BCUT2D eigenvalue weighted by atomic mass is 16.6. The summed E-state index contributed by atoms with van der Waals surface area (Å²) in [5, 5.41) is 27.0. The highest BCUT2D eigenvalue weighted by molar-refractivity contribution is 5.91. The summed E-state index contributed by atoms with van der Waals surface area (Å²) in [5.74, 6) is -0.644. The van der Waals surface area contributed by atoms with E-state index in [0.29, 0.717) is 5.69 Å². The Morgan fingerprint density at radius 1 is 1.36 bits per heavy atom. The number of aromatic hydroxyl groups is 1. The molecular weight excluding hydrogens is 328 g/mol. The molecule has 3 N–H and O–H groups in total. The molecule has 0 aromatic heterocycles. The average Bonchev–Trinajstić information content (AvgIpc) is 2.58. The van der Waals surface area contributed by atoms with E-state index < -0.39 is 22.4 Å². The summed E-state index contributed by atoms with van der Waals surface area (Å²) in [7, 11) is 1.27. The molecule has 25 heavy (non-hydrogen) atoms. The number of nitrogens with zero attached hydrogens (tertiary/aromatic N) is 2. The number of phenols is 1. The summed E-state index contributed by atoms with van der Waals surface area (Å²) in [6.45, 7) is 1.85. The Hall–Kier alpha value is -3.62.